The number of hydrogen-bond donors (Lipinski definition) is 2. The molecule has 0 bridgehead atoms. The van der Waals surface area contributed by atoms with Gasteiger partial charge in [-0.2, -0.15) is 0 Å². The smallest absolute Gasteiger partial charge is 0.105 e. The van der Waals surface area contributed by atoms with E-state index >= 15 is 0 Å². The summed E-state index contributed by atoms with van der Waals surface area (Å²) in [6.45, 7) is 5.16. The number of nitrogens with zero attached hydrogens (tertiary/aromatic N) is 1. The fourth-order valence-corrected chi connectivity index (χ4v) is 1.79. The van der Waals surface area contributed by atoms with Gasteiger partial charge in [0.05, 0.1) is 6.54 Å². The lowest BCUT2D eigenvalue weighted by Crippen LogP contribution is -2.39. The van der Waals surface area contributed by atoms with E-state index in [-0.39, 0.29) is 0 Å². The summed E-state index contributed by atoms with van der Waals surface area (Å²) in [5.41, 5.74) is 5.33. The molecule has 0 saturated carbocycles. The van der Waals surface area contributed by atoms with Crippen LogP contribution in [0.3, 0.4) is 0 Å². The van der Waals surface area contributed by atoms with Gasteiger partial charge in [-0.25, -0.2) is 0 Å². The van der Waals surface area contributed by atoms with Crippen molar-refractivity contribution in [2.45, 2.75) is 26.2 Å². The van der Waals surface area contributed by atoms with Gasteiger partial charge in [0.1, 0.15) is 5.84 Å². The molecule has 1 rings (SSSR count). The molecule has 12 heavy (non-hydrogen) atoms. The quantitative estimate of drug-likeness (QED) is 0.490. The minimum absolute atomic E-state index is 0.296. The number of rotatable bonds is 3. The Morgan fingerprint density at radius 2 is 2.08 bits per heavy atom. The molecule has 3 heteroatoms. The van der Waals surface area contributed by atoms with E-state index in [4.69, 9.17) is 11.1 Å². The Labute approximate surface area is 74.4 Å². The van der Waals surface area contributed by atoms with Crippen LogP contribution in [0, 0.1) is 11.3 Å². The summed E-state index contributed by atoms with van der Waals surface area (Å²) in [4.78, 5) is 2.27. The lowest BCUT2D eigenvalue weighted by atomic mass is 9.94. The molecule has 0 aromatic carbocycles. The van der Waals surface area contributed by atoms with Crippen LogP contribution in [0.15, 0.2) is 0 Å². The lowest BCUT2D eigenvalue weighted by Gasteiger charge is -2.30. The first-order chi connectivity index (χ1) is 5.72. The normalized spacial score (nSPS) is 21.1. The number of nitrogens with one attached hydrogen (secondary N) is 1. The van der Waals surface area contributed by atoms with Gasteiger partial charge in [0.2, 0.25) is 0 Å². The molecule has 0 spiro atoms. The zero-order chi connectivity index (χ0) is 8.97. The van der Waals surface area contributed by atoms with Crippen molar-refractivity contribution in [1.82, 2.24) is 4.90 Å². The number of amidine groups is 1. The number of likely N-dealkylation sites (tertiary alicyclic amines) is 1. The first-order valence-corrected chi connectivity index (χ1v) is 4.77. The van der Waals surface area contributed by atoms with Gasteiger partial charge in [0.15, 0.2) is 0 Å². The highest BCUT2D eigenvalue weighted by atomic mass is 15.1. The van der Waals surface area contributed by atoms with E-state index < -0.39 is 0 Å². The average molecular weight is 169 g/mol. The molecule has 0 aliphatic carbocycles. The molecule has 0 amide bonds. The van der Waals surface area contributed by atoms with Crippen molar-refractivity contribution in [3.63, 3.8) is 0 Å². The Bertz CT molecular complexity index is 148. The third-order valence-electron chi connectivity index (χ3n) is 2.68. The molecule has 3 N–H and O–H groups in total. The molecule has 1 aliphatic rings. The SMILES string of the molecule is CCC1CCN(CC(=N)N)CC1. The third-order valence-corrected chi connectivity index (χ3v) is 2.68. The molecule has 3 nitrogen and oxygen atoms in total. The first-order valence-electron chi connectivity index (χ1n) is 4.77. The van der Waals surface area contributed by atoms with Crippen LogP contribution in [0.4, 0.5) is 0 Å². The molecule has 1 aliphatic heterocycles. The Morgan fingerprint density at radius 1 is 1.50 bits per heavy atom. The highest BCUT2D eigenvalue weighted by Gasteiger charge is 2.17. The third kappa shape index (κ3) is 2.81. The van der Waals surface area contributed by atoms with Crippen LogP contribution in [-0.4, -0.2) is 30.4 Å². The van der Waals surface area contributed by atoms with E-state index in [2.05, 4.69) is 11.8 Å². The van der Waals surface area contributed by atoms with Crippen LogP contribution in [0.2, 0.25) is 0 Å². The van der Waals surface area contributed by atoms with Crippen molar-refractivity contribution in [3.05, 3.63) is 0 Å². The second kappa shape index (κ2) is 4.45. The molecule has 0 aromatic heterocycles. The van der Waals surface area contributed by atoms with Crippen molar-refractivity contribution < 1.29 is 0 Å². The maximum atomic E-state index is 7.16. The van der Waals surface area contributed by atoms with Crippen LogP contribution >= 0.6 is 0 Å². The largest absolute Gasteiger partial charge is 0.387 e. The fraction of sp³-hybridized carbons (Fsp3) is 0.889. The molecule has 70 valence electrons. The van der Waals surface area contributed by atoms with Crippen LogP contribution in [-0.2, 0) is 0 Å². The van der Waals surface area contributed by atoms with E-state index in [0.717, 1.165) is 19.0 Å². The second-order valence-electron chi connectivity index (χ2n) is 3.65. The molecule has 0 aromatic rings. The lowest BCUT2D eigenvalue weighted by molar-refractivity contribution is 0.202. The van der Waals surface area contributed by atoms with Crippen LogP contribution in [0.25, 0.3) is 0 Å². The van der Waals surface area contributed by atoms with E-state index in [1.807, 2.05) is 0 Å². The van der Waals surface area contributed by atoms with Gasteiger partial charge in [0, 0.05) is 0 Å². The summed E-state index contributed by atoms with van der Waals surface area (Å²) >= 11 is 0. The van der Waals surface area contributed by atoms with Gasteiger partial charge in [-0.15, -0.1) is 0 Å². The van der Waals surface area contributed by atoms with Crippen molar-refractivity contribution in [1.29, 1.82) is 5.41 Å². The van der Waals surface area contributed by atoms with Crippen LogP contribution in [0.1, 0.15) is 26.2 Å². The van der Waals surface area contributed by atoms with Gasteiger partial charge in [-0.1, -0.05) is 13.3 Å². The first kappa shape index (κ1) is 9.52. The molecule has 0 atom stereocenters. The van der Waals surface area contributed by atoms with E-state index in [0.29, 0.717) is 12.4 Å². The predicted molar refractivity (Wildman–Crippen MR) is 51.4 cm³/mol. The molecular formula is C9H19N3. The standard InChI is InChI=1S/C9H19N3/c1-2-8-3-5-12(6-4-8)7-9(10)11/h8H,2-7H2,1H3,(H3,10,11). The van der Waals surface area contributed by atoms with Crippen LogP contribution in [0.5, 0.6) is 0 Å². The summed E-state index contributed by atoms with van der Waals surface area (Å²) in [6, 6.07) is 0. The molecule has 1 saturated heterocycles. The van der Waals surface area contributed by atoms with Crippen molar-refractivity contribution >= 4 is 5.84 Å². The zero-order valence-electron chi connectivity index (χ0n) is 7.84. The van der Waals surface area contributed by atoms with E-state index in [1.54, 1.807) is 0 Å². The Hall–Kier alpha value is -0.570. The fourth-order valence-electron chi connectivity index (χ4n) is 1.79. The van der Waals surface area contributed by atoms with Gasteiger partial charge >= 0.3 is 0 Å². The maximum absolute atomic E-state index is 7.16. The van der Waals surface area contributed by atoms with Gasteiger partial charge < -0.3 is 5.73 Å². The summed E-state index contributed by atoms with van der Waals surface area (Å²) in [7, 11) is 0. The topological polar surface area (TPSA) is 53.1 Å². The average Bonchev–Trinajstić information content (AvgIpc) is 2.05. The summed E-state index contributed by atoms with van der Waals surface area (Å²) in [5.74, 6) is 1.21. The monoisotopic (exact) mass is 169 g/mol. The Morgan fingerprint density at radius 3 is 2.50 bits per heavy atom. The van der Waals surface area contributed by atoms with Gasteiger partial charge in [-0.3, -0.25) is 10.3 Å². The predicted octanol–water partition coefficient (Wildman–Crippen LogP) is 1.04. The van der Waals surface area contributed by atoms with E-state index in [1.165, 1.54) is 19.3 Å². The summed E-state index contributed by atoms with van der Waals surface area (Å²) < 4.78 is 0. The van der Waals surface area contributed by atoms with Gasteiger partial charge in [-0.05, 0) is 31.8 Å². The van der Waals surface area contributed by atoms with Crippen molar-refractivity contribution in [3.8, 4) is 0 Å². The molecular weight excluding hydrogens is 150 g/mol. The van der Waals surface area contributed by atoms with Gasteiger partial charge in [0.25, 0.3) is 0 Å². The van der Waals surface area contributed by atoms with Crippen molar-refractivity contribution in [2.75, 3.05) is 19.6 Å². The highest BCUT2D eigenvalue weighted by Crippen LogP contribution is 2.19. The molecule has 0 unspecified atom stereocenters. The molecule has 0 radical (unpaired) electrons. The summed E-state index contributed by atoms with van der Waals surface area (Å²) in [5, 5.41) is 7.16. The zero-order valence-corrected chi connectivity index (χ0v) is 7.84. The highest BCUT2D eigenvalue weighted by molar-refractivity contribution is 5.78. The second-order valence-corrected chi connectivity index (χ2v) is 3.65. The molecule has 1 fully saturated rings. The number of piperidine rings is 1. The maximum Gasteiger partial charge on any atom is 0.105 e. The van der Waals surface area contributed by atoms with Crippen LogP contribution < -0.4 is 5.73 Å². The minimum Gasteiger partial charge on any atom is -0.387 e. The number of hydrogen-bond acceptors (Lipinski definition) is 2. The Balaban J connectivity index is 2.21. The minimum atomic E-state index is 0.296. The number of nitrogens with two attached hydrogens (primary N) is 1. The molecule has 1 heterocycles. The van der Waals surface area contributed by atoms with E-state index in [9.17, 15) is 0 Å². The summed E-state index contributed by atoms with van der Waals surface area (Å²) in [6.07, 6.45) is 3.86. The Kier molecular flexibility index (Phi) is 3.53. The van der Waals surface area contributed by atoms with Crippen molar-refractivity contribution in [2.24, 2.45) is 11.7 Å².